The van der Waals surface area contributed by atoms with Crippen LogP contribution >= 0.6 is 0 Å². The average Bonchev–Trinajstić information content (AvgIpc) is 2.61. The Balaban J connectivity index is 1.71. The summed E-state index contributed by atoms with van der Waals surface area (Å²) in [5.41, 5.74) is 2.19. The van der Waals surface area contributed by atoms with Crippen LogP contribution in [0, 0.1) is 0 Å². The number of benzene rings is 1. The van der Waals surface area contributed by atoms with E-state index >= 15 is 0 Å². The second-order valence-electron chi connectivity index (χ2n) is 5.71. The maximum Gasteiger partial charge on any atom is 0.255 e. The number of aromatic nitrogens is 1. The summed E-state index contributed by atoms with van der Waals surface area (Å²) in [4.78, 5) is 21.1. The van der Waals surface area contributed by atoms with Crippen LogP contribution in [0.25, 0.3) is 11.3 Å². The topological polar surface area (TPSA) is 56.7 Å². The van der Waals surface area contributed by atoms with Gasteiger partial charge in [0.05, 0.1) is 11.3 Å². The number of piperazine rings is 1. The maximum absolute atomic E-state index is 12.5. The number of amides is 1. The number of carbonyl (C=O) groups is 1. The molecule has 2 aromatic rings. The molecule has 1 aromatic heterocycles. The van der Waals surface area contributed by atoms with Crippen molar-refractivity contribution in [3.63, 3.8) is 0 Å². The largest absolute Gasteiger partial charge is 0.508 e. The van der Waals surface area contributed by atoms with Crippen molar-refractivity contribution in [1.82, 2.24) is 14.8 Å². The van der Waals surface area contributed by atoms with Crippen molar-refractivity contribution >= 4 is 5.91 Å². The van der Waals surface area contributed by atoms with Gasteiger partial charge in [-0.15, -0.1) is 0 Å². The molecule has 0 saturated carbocycles. The van der Waals surface area contributed by atoms with Gasteiger partial charge in [0.25, 0.3) is 5.91 Å². The minimum Gasteiger partial charge on any atom is -0.508 e. The van der Waals surface area contributed by atoms with Crippen LogP contribution in [0.4, 0.5) is 0 Å². The first kappa shape index (κ1) is 15.5. The Kier molecular flexibility index (Phi) is 4.57. The second-order valence-corrected chi connectivity index (χ2v) is 5.71. The van der Waals surface area contributed by atoms with Gasteiger partial charge in [0.2, 0.25) is 0 Å². The zero-order valence-electron chi connectivity index (χ0n) is 13.3. The van der Waals surface area contributed by atoms with Crippen molar-refractivity contribution in [2.45, 2.75) is 6.92 Å². The molecule has 23 heavy (non-hydrogen) atoms. The van der Waals surface area contributed by atoms with Crippen LogP contribution in [0.1, 0.15) is 17.3 Å². The smallest absolute Gasteiger partial charge is 0.255 e. The minimum atomic E-state index is 0.0377. The summed E-state index contributed by atoms with van der Waals surface area (Å²) >= 11 is 0. The van der Waals surface area contributed by atoms with E-state index < -0.39 is 0 Å². The van der Waals surface area contributed by atoms with Crippen molar-refractivity contribution in [2.24, 2.45) is 0 Å². The summed E-state index contributed by atoms with van der Waals surface area (Å²) in [6, 6.07) is 10.6. The van der Waals surface area contributed by atoms with Gasteiger partial charge in [0, 0.05) is 37.9 Å². The van der Waals surface area contributed by atoms with Crippen LogP contribution < -0.4 is 0 Å². The molecule has 5 nitrogen and oxygen atoms in total. The lowest BCUT2D eigenvalue weighted by molar-refractivity contribution is 0.0643. The molecular formula is C18H21N3O2. The highest BCUT2D eigenvalue weighted by Crippen LogP contribution is 2.21. The van der Waals surface area contributed by atoms with Crippen molar-refractivity contribution in [1.29, 1.82) is 0 Å². The summed E-state index contributed by atoms with van der Waals surface area (Å²) in [5.74, 6) is 0.244. The van der Waals surface area contributed by atoms with E-state index in [4.69, 9.17) is 0 Å². The number of phenols is 1. The van der Waals surface area contributed by atoms with Crippen molar-refractivity contribution in [3.8, 4) is 17.0 Å². The molecular weight excluding hydrogens is 290 g/mol. The maximum atomic E-state index is 12.5. The fraction of sp³-hybridized carbons (Fsp3) is 0.333. The number of nitrogens with zero attached hydrogens (tertiary/aromatic N) is 3. The summed E-state index contributed by atoms with van der Waals surface area (Å²) < 4.78 is 0. The van der Waals surface area contributed by atoms with Crippen LogP contribution in [-0.4, -0.2) is 58.5 Å². The number of pyridine rings is 1. The number of likely N-dealkylation sites (N-methyl/N-ethyl adjacent to an activating group) is 1. The number of carbonyl (C=O) groups excluding carboxylic acids is 1. The molecule has 120 valence electrons. The lowest BCUT2D eigenvalue weighted by atomic mass is 10.1. The normalized spacial score (nSPS) is 15.6. The van der Waals surface area contributed by atoms with Crippen LogP contribution in [0.2, 0.25) is 0 Å². The monoisotopic (exact) mass is 311 g/mol. The highest BCUT2D eigenvalue weighted by molar-refractivity contribution is 5.94. The summed E-state index contributed by atoms with van der Waals surface area (Å²) in [7, 11) is 0. The van der Waals surface area contributed by atoms with Crippen molar-refractivity contribution in [3.05, 3.63) is 48.2 Å². The highest BCUT2D eigenvalue weighted by Gasteiger charge is 2.21. The Morgan fingerprint density at radius 2 is 1.96 bits per heavy atom. The first-order valence-corrected chi connectivity index (χ1v) is 7.94. The molecule has 1 N–H and O–H groups in total. The van der Waals surface area contributed by atoms with Gasteiger partial charge in [-0.05, 0) is 30.8 Å². The number of aromatic hydroxyl groups is 1. The molecule has 2 heterocycles. The van der Waals surface area contributed by atoms with E-state index in [1.165, 1.54) is 0 Å². The van der Waals surface area contributed by atoms with Crippen LogP contribution in [-0.2, 0) is 0 Å². The molecule has 0 radical (unpaired) electrons. The van der Waals surface area contributed by atoms with E-state index in [0.29, 0.717) is 5.56 Å². The third-order valence-corrected chi connectivity index (χ3v) is 4.26. The molecule has 1 fully saturated rings. The second kappa shape index (κ2) is 6.79. The summed E-state index contributed by atoms with van der Waals surface area (Å²) in [6.45, 7) is 6.56. The first-order valence-electron chi connectivity index (χ1n) is 7.94. The molecule has 1 aliphatic rings. The SMILES string of the molecule is CCN1CCN(C(=O)c2ccc(-c3cccc(O)c3)nc2)CC1. The van der Waals surface area contributed by atoms with Gasteiger partial charge in [0.15, 0.2) is 0 Å². The number of hydrogen-bond acceptors (Lipinski definition) is 4. The van der Waals surface area contributed by atoms with E-state index in [-0.39, 0.29) is 11.7 Å². The van der Waals surface area contributed by atoms with Gasteiger partial charge in [-0.2, -0.15) is 0 Å². The first-order chi connectivity index (χ1) is 11.2. The third kappa shape index (κ3) is 3.51. The summed E-state index contributed by atoms with van der Waals surface area (Å²) in [5, 5.41) is 9.54. The van der Waals surface area contributed by atoms with Crippen LogP contribution in [0.15, 0.2) is 42.6 Å². The van der Waals surface area contributed by atoms with E-state index in [2.05, 4.69) is 16.8 Å². The molecule has 1 aliphatic heterocycles. The van der Waals surface area contributed by atoms with Crippen LogP contribution in [0.5, 0.6) is 5.75 Å². The van der Waals surface area contributed by atoms with E-state index in [9.17, 15) is 9.90 Å². The van der Waals surface area contributed by atoms with Gasteiger partial charge in [0.1, 0.15) is 5.75 Å². The molecule has 1 aromatic carbocycles. The Bertz CT molecular complexity index is 677. The quantitative estimate of drug-likeness (QED) is 0.944. The average molecular weight is 311 g/mol. The fourth-order valence-corrected chi connectivity index (χ4v) is 2.81. The zero-order valence-corrected chi connectivity index (χ0v) is 13.3. The molecule has 0 unspecified atom stereocenters. The molecule has 1 saturated heterocycles. The van der Waals surface area contributed by atoms with E-state index in [1.807, 2.05) is 17.0 Å². The Hall–Kier alpha value is -2.40. The van der Waals surface area contributed by atoms with E-state index in [0.717, 1.165) is 44.0 Å². The molecule has 1 amide bonds. The Morgan fingerprint density at radius 1 is 1.17 bits per heavy atom. The molecule has 0 bridgehead atoms. The molecule has 0 aliphatic carbocycles. The lowest BCUT2D eigenvalue weighted by Crippen LogP contribution is -2.48. The predicted molar refractivity (Wildman–Crippen MR) is 89.4 cm³/mol. The van der Waals surface area contributed by atoms with Gasteiger partial charge >= 0.3 is 0 Å². The molecule has 3 rings (SSSR count). The molecule has 0 spiro atoms. The van der Waals surface area contributed by atoms with Crippen molar-refractivity contribution < 1.29 is 9.90 Å². The van der Waals surface area contributed by atoms with Gasteiger partial charge in [-0.25, -0.2) is 0 Å². The van der Waals surface area contributed by atoms with E-state index in [1.54, 1.807) is 30.5 Å². The number of phenolic OH excluding ortho intramolecular Hbond substituents is 1. The van der Waals surface area contributed by atoms with Gasteiger partial charge < -0.3 is 14.9 Å². The third-order valence-electron chi connectivity index (χ3n) is 4.26. The number of hydrogen-bond donors (Lipinski definition) is 1. The van der Waals surface area contributed by atoms with Crippen LogP contribution in [0.3, 0.4) is 0 Å². The lowest BCUT2D eigenvalue weighted by Gasteiger charge is -2.34. The number of rotatable bonds is 3. The highest BCUT2D eigenvalue weighted by atomic mass is 16.3. The van der Waals surface area contributed by atoms with Crippen molar-refractivity contribution in [2.75, 3.05) is 32.7 Å². The Morgan fingerprint density at radius 3 is 2.57 bits per heavy atom. The van der Waals surface area contributed by atoms with Gasteiger partial charge in [-0.1, -0.05) is 19.1 Å². The molecule has 5 heteroatoms. The standard InChI is InChI=1S/C18H21N3O2/c1-2-20-8-10-21(11-9-20)18(23)15-6-7-17(19-13-15)14-4-3-5-16(22)12-14/h3-7,12-13,22H,2,8-11H2,1H3. The van der Waals surface area contributed by atoms with Gasteiger partial charge in [-0.3, -0.25) is 9.78 Å². The molecule has 0 atom stereocenters. The predicted octanol–water partition coefficient (Wildman–Crippen LogP) is 2.23. The minimum absolute atomic E-state index is 0.0377. The fourth-order valence-electron chi connectivity index (χ4n) is 2.81. The zero-order chi connectivity index (χ0) is 16.2. The Labute approximate surface area is 136 Å². The summed E-state index contributed by atoms with van der Waals surface area (Å²) in [6.07, 6.45) is 1.62.